The Morgan fingerprint density at radius 3 is 2.64 bits per heavy atom. The molecular weight excluding hydrogens is 286 g/mol. The molecule has 3 rings (SSSR count). The number of aliphatic imine (C=N–C) groups is 1. The SMILES string of the molecule is COC1=C/C(=N\c2c(N)n3n(c2=O)CCCC3)C(O)=CC1=N. The fraction of sp³-hybridized carbons (Fsp3) is 0.357. The molecule has 0 saturated heterocycles. The van der Waals surface area contributed by atoms with Crippen molar-refractivity contribution in [1.82, 2.24) is 9.36 Å². The van der Waals surface area contributed by atoms with E-state index in [0.717, 1.165) is 12.8 Å². The van der Waals surface area contributed by atoms with E-state index in [1.165, 1.54) is 19.3 Å². The Bertz CT molecular complexity index is 794. The molecule has 8 nitrogen and oxygen atoms in total. The quantitative estimate of drug-likeness (QED) is 0.709. The van der Waals surface area contributed by atoms with Crippen molar-refractivity contribution in [3.63, 3.8) is 0 Å². The van der Waals surface area contributed by atoms with Crippen molar-refractivity contribution < 1.29 is 9.84 Å². The van der Waals surface area contributed by atoms with Crippen molar-refractivity contribution in [3.8, 4) is 0 Å². The zero-order valence-electron chi connectivity index (χ0n) is 12.2. The normalized spacial score (nSPS) is 19.7. The lowest BCUT2D eigenvalue weighted by atomic mass is 10.1. The number of hydrogen-bond donors (Lipinski definition) is 3. The Labute approximate surface area is 126 Å². The molecule has 1 aliphatic heterocycles. The summed E-state index contributed by atoms with van der Waals surface area (Å²) in [7, 11) is 1.43. The molecule has 4 N–H and O–H groups in total. The Hall–Kier alpha value is -2.77. The van der Waals surface area contributed by atoms with Crippen LogP contribution in [-0.4, -0.2) is 33.0 Å². The van der Waals surface area contributed by atoms with Crippen LogP contribution >= 0.6 is 0 Å². The van der Waals surface area contributed by atoms with Gasteiger partial charge in [-0.2, -0.15) is 0 Å². The molecule has 2 aliphatic rings. The number of rotatable bonds is 2. The molecule has 0 atom stereocenters. The number of nitrogens with one attached hydrogen (secondary N) is 1. The van der Waals surface area contributed by atoms with Crippen LogP contribution in [0.25, 0.3) is 0 Å². The summed E-state index contributed by atoms with van der Waals surface area (Å²) in [6.45, 7) is 1.29. The number of aliphatic hydroxyl groups excluding tert-OH is 1. The number of allylic oxidation sites excluding steroid dienone is 2. The third-order valence-electron chi connectivity index (χ3n) is 3.77. The lowest BCUT2D eigenvalue weighted by molar-refractivity contribution is 0.314. The van der Waals surface area contributed by atoms with Gasteiger partial charge in [0.1, 0.15) is 17.2 Å². The van der Waals surface area contributed by atoms with Crippen molar-refractivity contribution in [2.75, 3.05) is 12.8 Å². The summed E-state index contributed by atoms with van der Waals surface area (Å²) >= 11 is 0. The van der Waals surface area contributed by atoms with Gasteiger partial charge >= 0.3 is 0 Å². The third kappa shape index (κ3) is 2.12. The van der Waals surface area contributed by atoms with Gasteiger partial charge < -0.3 is 15.6 Å². The Morgan fingerprint density at radius 1 is 1.32 bits per heavy atom. The predicted molar refractivity (Wildman–Crippen MR) is 83.0 cm³/mol. The van der Waals surface area contributed by atoms with Gasteiger partial charge in [-0.25, -0.2) is 9.67 Å². The standard InChI is InChI=1S/C14H17N5O3/c1-22-11-7-9(10(20)6-8(11)15)17-12-13(16)18-4-2-3-5-19(18)14(12)21/h6-7,15,20H,2-5,16H2,1H3/b15-8?,17-9+. The summed E-state index contributed by atoms with van der Waals surface area (Å²) in [4.78, 5) is 16.6. The number of aliphatic hydroxyl groups is 1. The second-order valence-electron chi connectivity index (χ2n) is 5.15. The number of anilines is 1. The van der Waals surface area contributed by atoms with E-state index in [1.54, 1.807) is 9.36 Å². The molecule has 1 aromatic rings. The molecule has 2 heterocycles. The largest absolute Gasteiger partial charge is 0.506 e. The zero-order valence-corrected chi connectivity index (χ0v) is 12.2. The number of nitrogens with zero attached hydrogens (tertiary/aromatic N) is 3. The highest BCUT2D eigenvalue weighted by molar-refractivity contribution is 6.21. The molecule has 0 aromatic carbocycles. The molecule has 0 fully saturated rings. The van der Waals surface area contributed by atoms with Crippen molar-refractivity contribution in [1.29, 1.82) is 5.41 Å². The molecule has 116 valence electrons. The van der Waals surface area contributed by atoms with Gasteiger partial charge in [0.05, 0.1) is 12.8 Å². The summed E-state index contributed by atoms with van der Waals surface area (Å²) in [5, 5.41) is 17.6. The minimum Gasteiger partial charge on any atom is -0.506 e. The lowest BCUT2D eigenvalue weighted by Gasteiger charge is -2.17. The van der Waals surface area contributed by atoms with Crippen LogP contribution in [0.15, 0.2) is 33.5 Å². The van der Waals surface area contributed by atoms with E-state index in [2.05, 4.69) is 4.99 Å². The first-order chi connectivity index (χ1) is 10.5. The Morgan fingerprint density at radius 2 is 2.00 bits per heavy atom. The number of nitrogens with two attached hydrogens (primary N) is 1. The van der Waals surface area contributed by atoms with E-state index in [9.17, 15) is 9.90 Å². The average molecular weight is 303 g/mol. The second kappa shape index (κ2) is 5.21. The van der Waals surface area contributed by atoms with Gasteiger partial charge in [-0.15, -0.1) is 0 Å². The van der Waals surface area contributed by atoms with Crippen LogP contribution in [0.1, 0.15) is 12.8 Å². The van der Waals surface area contributed by atoms with Crippen molar-refractivity contribution >= 4 is 22.9 Å². The highest BCUT2D eigenvalue weighted by Crippen LogP contribution is 2.24. The van der Waals surface area contributed by atoms with E-state index in [-0.39, 0.29) is 40.0 Å². The first-order valence-corrected chi connectivity index (χ1v) is 6.96. The Balaban J connectivity index is 2.11. The summed E-state index contributed by atoms with van der Waals surface area (Å²) in [6, 6.07) is 0. The van der Waals surface area contributed by atoms with Gasteiger partial charge in [0.25, 0.3) is 5.56 Å². The zero-order chi connectivity index (χ0) is 15.9. The van der Waals surface area contributed by atoms with Gasteiger partial charge in [-0.05, 0) is 12.8 Å². The van der Waals surface area contributed by atoms with Gasteiger partial charge in [-0.1, -0.05) is 0 Å². The maximum absolute atomic E-state index is 12.4. The first-order valence-electron chi connectivity index (χ1n) is 6.96. The van der Waals surface area contributed by atoms with Gasteiger partial charge in [0.15, 0.2) is 11.5 Å². The lowest BCUT2D eigenvalue weighted by Crippen LogP contribution is -2.27. The number of fused-ring (bicyclic) bond motifs is 1. The molecule has 0 radical (unpaired) electrons. The minimum atomic E-state index is -0.273. The molecule has 0 spiro atoms. The minimum absolute atomic E-state index is 0.0415. The molecular formula is C14H17N5O3. The summed E-state index contributed by atoms with van der Waals surface area (Å²) in [6.07, 6.45) is 4.53. The van der Waals surface area contributed by atoms with Crippen LogP contribution in [0.5, 0.6) is 0 Å². The van der Waals surface area contributed by atoms with Crippen LogP contribution in [0.2, 0.25) is 0 Å². The van der Waals surface area contributed by atoms with Crippen LogP contribution in [0.4, 0.5) is 11.5 Å². The smallest absolute Gasteiger partial charge is 0.294 e. The third-order valence-corrected chi connectivity index (χ3v) is 3.77. The fourth-order valence-corrected chi connectivity index (χ4v) is 2.62. The number of aromatic nitrogens is 2. The van der Waals surface area contributed by atoms with Crippen molar-refractivity contribution in [2.24, 2.45) is 4.99 Å². The average Bonchev–Trinajstić information content (AvgIpc) is 2.75. The fourth-order valence-electron chi connectivity index (χ4n) is 2.62. The maximum Gasteiger partial charge on any atom is 0.294 e. The van der Waals surface area contributed by atoms with Gasteiger partial charge in [0.2, 0.25) is 0 Å². The number of nitrogen functional groups attached to an aromatic ring is 1. The maximum atomic E-state index is 12.4. The molecule has 22 heavy (non-hydrogen) atoms. The highest BCUT2D eigenvalue weighted by atomic mass is 16.5. The van der Waals surface area contributed by atoms with Crippen LogP contribution in [-0.2, 0) is 17.8 Å². The van der Waals surface area contributed by atoms with Gasteiger partial charge in [-0.3, -0.25) is 14.9 Å². The van der Waals surface area contributed by atoms with Gasteiger partial charge in [0, 0.05) is 25.2 Å². The molecule has 8 heteroatoms. The van der Waals surface area contributed by atoms with E-state index < -0.39 is 0 Å². The van der Waals surface area contributed by atoms with E-state index in [4.69, 9.17) is 15.9 Å². The van der Waals surface area contributed by atoms with Crippen LogP contribution < -0.4 is 11.3 Å². The number of hydrogen-bond acceptors (Lipinski definition) is 6. The van der Waals surface area contributed by atoms with E-state index >= 15 is 0 Å². The molecule has 0 bridgehead atoms. The number of methoxy groups -OCH3 is 1. The molecule has 0 amide bonds. The second-order valence-corrected chi connectivity index (χ2v) is 5.15. The highest BCUT2D eigenvalue weighted by Gasteiger charge is 2.22. The van der Waals surface area contributed by atoms with Crippen LogP contribution in [0, 0.1) is 5.41 Å². The summed E-state index contributed by atoms with van der Waals surface area (Å²) in [5.74, 6) is 0.357. The molecule has 0 saturated carbocycles. The van der Waals surface area contributed by atoms with E-state index in [1.807, 2.05) is 0 Å². The summed E-state index contributed by atoms with van der Waals surface area (Å²) < 4.78 is 8.34. The van der Waals surface area contributed by atoms with Crippen LogP contribution in [0.3, 0.4) is 0 Å². The first kappa shape index (κ1) is 14.2. The molecule has 1 aliphatic carbocycles. The van der Waals surface area contributed by atoms with Crippen molar-refractivity contribution in [2.45, 2.75) is 25.9 Å². The summed E-state index contributed by atoms with van der Waals surface area (Å²) in [5.41, 5.74) is 6.05. The van der Waals surface area contributed by atoms with E-state index in [0.29, 0.717) is 13.1 Å². The predicted octanol–water partition coefficient (Wildman–Crippen LogP) is 1.10. The molecule has 1 aromatic heterocycles. The number of ether oxygens (including phenoxy) is 1. The Kier molecular flexibility index (Phi) is 3.36. The topological polar surface area (TPSA) is 119 Å². The monoisotopic (exact) mass is 303 g/mol. The van der Waals surface area contributed by atoms with Crippen molar-refractivity contribution in [3.05, 3.63) is 34.0 Å². The molecule has 0 unspecified atom stereocenters.